The van der Waals surface area contributed by atoms with Crippen molar-refractivity contribution in [2.75, 3.05) is 6.61 Å². The van der Waals surface area contributed by atoms with E-state index in [0.29, 0.717) is 32.3 Å². The Morgan fingerprint density at radius 3 is 2.50 bits per heavy atom. The van der Waals surface area contributed by atoms with Crippen molar-refractivity contribution in [3.63, 3.8) is 0 Å². The summed E-state index contributed by atoms with van der Waals surface area (Å²) in [6.45, 7) is 4.13. The molecular weight excluding hydrogens is 492 g/mol. The van der Waals surface area contributed by atoms with Gasteiger partial charge in [0.15, 0.2) is 6.29 Å². The number of hydrogen-bond donors (Lipinski definition) is 4. The van der Waals surface area contributed by atoms with Crippen LogP contribution in [0.15, 0.2) is 11.6 Å². The number of rotatable bonds is 4. The van der Waals surface area contributed by atoms with Crippen LogP contribution < -0.4 is 0 Å². The molecule has 4 aliphatic carbocycles. The van der Waals surface area contributed by atoms with Crippen LogP contribution in [0.2, 0.25) is 0 Å². The van der Waals surface area contributed by atoms with E-state index < -0.39 is 41.7 Å². The third-order valence-electron chi connectivity index (χ3n) is 11.9. The quantitative estimate of drug-likeness (QED) is 0.240. The molecule has 9 nitrogen and oxygen atoms in total. The zero-order valence-electron chi connectivity index (χ0n) is 22.3. The number of ether oxygens (including phenoxy) is 3. The van der Waals surface area contributed by atoms with Gasteiger partial charge in [-0.3, -0.25) is 0 Å². The zero-order valence-corrected chi connectivity index (χ0v) is 22.3. The molecule has 0 bridgehead atoms. The highest BCUT2D eigenvalue weighted by atomic mass is 16.7. The lowest BCUT2D eigenvalue weighted by atomic mass is 9.43. The van der Waals surface area contributed by atoms with Crippen molar-refractivity contribution in [1.29, 1.82) is 0 Å². The van der Waals surface area contributed by atoms with Gasteiger partial charge in [0.25, 0.3) is 0 Å². The second kappa shape index (κ2) is 9.35. The van der Waals surface area contributed by atoms with Crippen LogP contribution in [0.25, 0.3) is 0 Å². The normalized spacial score (nSPS) is 54.4. The molecule has 4 saturated carbocycles. The zero-order chi connectivity index (χ0) is 27.0. The molecule has 212 valence electrons. The largest absolute Gasteiger partial charge is 0.458 e. The first kappa shape index (κ1) is 26.8. The molecule has 0 spiro atoms. The van der Waals surface area contributed by atoms with Crippen molar-refractivity contribution in [2.24, 2.45) is 34.5 Å². The molecule has 5 fully saturated rings. The molecule has 2 aliphatic heterocycles. The standard InChI is InChI=1S/C29H42O9/c1-15-23(32)24(33)25(34)26(37-15)38-18-5-9-28(14-30)17(12-18)3-4-21-20(28)6-8-27(2)19(7-10-29(21,27)35)16-11-22(31)36-13-16/h11,14-15,17-21,23-26,32-35H,3-10,12-13H2,1-2H3/t15-,17?,18?,19+,20?,21?,23-,24+,25+,26-,27+,28+,29-/m0/s1. The van der Waals surface area contributed by atoms with Gasteiger partial charge in [0, 0.05) is 16.9 Å². The maximum Gasteiger partial charge on any atom is 0.331 e. The summed E-state index contributed by atoms with van der Waals surface area (Å²) >= 11 is 0. The first-order chi connectivity index (χ1) is 18.0. The van der Waals surface area contributed by atoms with Crippen LogP contribution in [0.4, 0.5) is 0 Å². The van der Waals surface area contributed by atoms with E-state index >= 15 is 0 Å². The number of hydrogen-bond acceptors (Lipinski definition) is 9. The maximum absolute atomic E-state index is 12.9. The Morgan fingerprint density at radius 2 is 1.79 bits per heavy atom. The Balaban J connectivity index is 1.19. The van der Waals surface area contributed by atoms with Gasteiger partial charge in [0.1, 0.15) is 31.2 Å². The van der Waals surface area contributed by atoms with Crippen molar-refractivity contribution >= 4 is 12.3 Å². The average molecular weight is 535 g/mol. The SMILES string of the molecule is C[C@@H]1O[C@@H](OC2CC[C@@]3(C=O)C(CCC4C3CC[C@]3(C)[C@@H](C5=CC(=O)OC5)CC[C@]43O)C2)[C@H](O)[C@H](O)[C@H]1O. The molecule has 6 rings (SSSR count). The number of aliphatic hydroxyl groups is 4. The van der Waals surface area contributed by atoms with E-state index in [9.17, 15) is 30.0 Å². The molecule has 0 aromatic heterocycles. The minimum Gasteiger partial charge on any atom is -0.458 e. The summed E-state index contributed by atoms with van der Waals surface area (Å²) in [7, 11) is 0. The van der Waals surface area contributed by atoms with Gasteiger partial charge < -0.3 is 39.4 Å². The van der Waals surface area contributed by atoms with E-state index in [1.54, 1.807) is 13.0 Å². The Morgan fingerprint density at radius 1 is 1.00 bits per heavy atom. The van der Waals surface area contributed by atoms with Crippen LogP contribution >= 0.6 is 0 Å². The highest BCUT2D eigenvalue weighted by Crippen LogP contribution is 2.69. The number of aliphatic hydroxyl groups excluding tert-OH is 3. The molecule has 38 heavy (non-hydrogen) atoms. The lowest BCUT2D eigenvalue weighted by molar-refractivity contribution is -0.309. The van der Waals surface area contributed by atoms with Crippen LogP contribution in [0.3, 0.4) is 0 Å². The summed E-state index contributed by atoms with van der Waals surface area (Å²) in [6.07, 6.45) is 3.80. The van der Waals surface area contributed by atoms with Crippen LogP contribution in [0.5, 0.6) is 0 Å². The number of fused-ring (bicyclic) bond motifs is 5. The van der Waals surface area contributed by atoms with E-state index in [-0.39, 0.29) is 41.2 Å². The predicted molar refractivity (Wildman–Crippen MR) is 133 cm³/mol. The minimum absolute atomic E-state index is 0.0322. The molecule has 4 N–H and O–H groups in total. The number of carbonyl (C=O) groups excluding carboxylic acids is 2. The summed E-state index contributed by atoms with van der Waals surface area (Å²) in [4.78, 5) is 24.7. The Hall–Kier alpha value is -1.36. The monoisotopic (exact) mass is 534 g/mol. The molecule has 6 aliphatic rings. The predicted octanol–water partition coefficient (Wildman–Crippen LogP) is 1.64. The Bertz CT molecular complexity index is 999. The molecule has 9 heteroatoms. The van der Waals surface area contributed by atoms with E-state index in [1.807, 2.05) is 0 Å². The summed E-state index contributed by atoms with van der Waals surface area (Å²) in [6, 6.07) is 0. The molecule has 13 atom stereocenters. The number of esters is 1. The van der Waals surface area contributed by atoms with Gasteiger partial charge in [-0.15, -0.1) is 0 Å². The molecule has 0 aromatic carbocycles. The minimum atomic E-state index is -1.34. The molecule has 0 aromatic rings. The van der Waals surface area contributed by atoms with Crippen LogP contribution in [0, 0.1) is 34.5 Å². The molecular formula is C29H42O9. The van der Waals surface area contributed by atoms with Gasteiger partial charge in [-0.05, 0) is 94.0 Å². The van der Waals surface area contributed by atoms with Crippen molar-refractivity contribution in [1.82, 2.24) is 0 Å². The third kappa shape index (κ3) is 3.72. The fourth-order valence-electron chi connectivity index (χ4n) is 9.73. The molecule has 0 amide bonds. The lowest BCUT2D eigenvalue weighted by Crippen LogP contribution is -2.63. The van der Waals surface area contributed by atoms with Gasteiger partial charge in [0.05, 0.1) is 17.8 Å². The van der Waals surface area contributed by atoms with Crippen LogP contribution in [-0.2, 0) is 23.8 Å². The van der Waals surface area contributed by atoms with E-state index in [2.05, 4.69) is 6.92 Å². The topological polar surface area (TPSA) is 143 Å². The van der Waals surface area contributed by atoms with Crippen LogP contribution in [0.1, 0.15) is 71.6 Å². The lowest BCUT2D eigenvalue weighted by Gasteiger charge is -2.63. The number of aldehydes is 1. The fourth-order valence-corrected chi connectivity index (χ4v) is 9.73. The summed E-state index contributed by atoms with van der Waals surface area (Å²) in [5.41, 5.74) is -0.739. The molecule has 2 heterocycles. The van der Waals surface area contributed by atoms with Crippen molar-refractivity contribution in [3.8, 4) is 0 Å². The summed E-state index contributed by atoms with van der Waals surface area (Å²) in [5, 5.41) is 42.9. The van der Waals surface area contributed by atoms with Gasteiger partial charge in [-0.25, -0.2) is 4.79 Å². The first-order valence-corrected chi connectivity index (χ1v) is 14.4. The van der Waals surface area contributed by atoms with Crippen molar-refractivity contribution in [3.05, 3.63) is 11.6 Å². The smallest absolute Gasteiger partial charge is 0.331 e. The van der Waals surface area contributed by atoms with Crippen LogP contribution in [-0.4, -0.2) is 81.7 Å². The summed E-state index contributed by atoms with van der Waals surface area (Å²) < 4.78 is 17.0. The van der Waals surface area contributed by atoms with Crippen molar-refractivity contribution < 1.29 is 44.2 Å². The van der Waals surface area contributed by atoms with Gasteiger partial charge in [-0.1, -0.05) is 6.92 Å². The summed E-state index contributed by atoms with van der Waals surface area (Å²) in [5.74, 6) is 0.0678. The highest BCUT2D eigenvalue weighted by Gasteiger charge is 2.68. The van der Waals surface area contributed by atoms with Crippen molar-refractivity contribution in [2.45, 2.75) is 114 Å². The van der Waals surface area contributed by atoms with Gasteiger partial charge in [0.2, 0.25) is 0 Å². The Labute approximate surface area is 223 Å². The molecule has 1 saturated heterocycles. The van der Waals surface area contributed by atoms with Gasteiger partial charge in [-0.2, -0.15) is 0 Å². The first-order valence-electron chi connectivity index (χ1n) is 14.4. The molecule has 0 radical (unpaired) electrons. The fraction of sp³-hybridized carbons (Fsp3) is 0.862. The van der Waals surface area contributed by atoms with E-state index in [1.165, 1.54) is 6.29 Å². The van der Waals surface area contributed by atoms with Gasteiger partial charge >= 0.3 is 5.97 Å². The second-order valence-corrected chi connectivity index (χ2v) is 13.2. The third-order valence-corrected chi connectivity index (χ3v) is 11.9. The number of cyclic esters (lactones) is 1. The van der Waals surface area contributed by atoms with E-state index in [0.717, 1.165) is 37.7 Å². The molecule has 4 unspecified atom stereocenters. The van der Waals surface area contributed by atoms with E-state index in [4.69, 9.17) is 14.2 Å². The Kier molecular flexibility index (Phi) is 6.60. The number of carbonyl (C=O) groups is 2. The second-order valence-electron chi connectivity index (χ2n) is 13.2. The maximum atomic E-state index is 12.9. The highest BCUT2D eigenvalue weighted by molar-refractivity contribution is 5.85. The average Bonchev–Trinajstić information content (AvgIpc) is 3.45.